The van der Waals surface area contributed by atoms with Crippen LogP contribution in [-0.2, 0) is 27.1 Å². The van der Waals surface area contributed by atoms with Gasteiger partial charge in [0.05, 0.1) is 35.0 Å². The molecule has 2 fully saturated rings. The van der Waals surface area contributed by atoms with E-state index in [0.29, 0.717) is 48.1 Å². The van der Waals surface area contributed by atoms with Gasteiger partial charge in [0.15, 0.2) is 11.8 Å². The van der Waals surface area contributed by atoms with Crippen LogP contribution in [0.3, 0.4) is 0 Å². The van der Waals surface area contributed by atoms with Crippen LogP contribution in [0.2, 0.25) is 5.02 Å². The van der Waals surface area contributed by atoms with Crippen molar-refractivity contribution < 1.29 is 32.8 Å². The zero-order valence-electron chi connectivity index (χ0n) is 20.0. The SMILES string of the molecule is CC(C)(O)CCO[C@@H]1CO[C@H]2[C@@H]1OC[C@H]2Oc1nc2nc(CCc3c(F)cccc3F)c(Cl)cc2[nH]1. The van der Waals surface area contributed by atoms with Crippen LogP contribution >= 0.6 is 11.6 Å². The smallest absolute Gasteiger partial charge is 0.296 e. The Labute approximate surface area is 211 Å². The number of aliphatic hydroxyl groups is 1. The molecule has 4 heterocycles. The van der Waals surface area contributed by atoms with Gasteiger partial charge in [0.1, 0.15) is 29.9 Å². The first-order chi connectivity index (χ1) is 17.2. The quantitative estimate of drug-likeness (QED) is 0.440. The number of aryl methyl sites for hydroxylation is 1. The minimum absolute atomic E-state index is 0.00350. The first-order valence-electron chi connectivity index (χ1n) is 11.9. The van der Waals surface area contributed by atoms with Gasteiger partial charge in [-0.2, -0.15) is 4.98 Å². The molecule has 4 atom stereocenters. The van der Waals surface area contributed by atoms with Gasteiger partial charge in [-0.1, -0.05) is 17.7 Å². The highest BCUT2D eigenvalue weighted by Gasteiger charge is 2.50. The van der Waals surface area contributed by atoms with E-state index in [1.807, 2.05) is 0 Å². The van der Waals surface area contributed by atoms with E-state index >= 15 is 0 Å². The lowest BCUT2D eigenvalue weighted by Gasteiger charge is -2.20. The first kappa shape index (κ1) is 25.3. The average molecular weight is 524 g/mol. The highest BCUT2D eigenvalue weighted by atomic mass is 35.5. The highest BCUT2D eigenvalue weighted by molar-refractivity contribution is 6.31. The molecule has 2 aliphatic rings. The summed E-state index contributed by atoms with van der Waals surface area (Å²) in [5.41, 5.74) is 0.642. The van der Waals surface area contributed by atoms with Gasteiger partial charge in [0.2, 0.25) is 0 Å². The second-order valence-electron chi connectivity index (χ2n) is 9.75. The molecule has 0 spiro atoms. The van der Waals surface area contributed by atoms with Crippen molar-refractivity contribution in [2.45, 2.75) is 63.1 Å². The van der Waals surface area contributed by atoms with Crippen molar-refractivity contribution in [3.05, 3.63) is 52.2 Å². The summed E-state index contributed by atoms with van der Waals surface area (Å²) in [7, 11) is 0. The molecule has 2 aromatic heterocycles. The molecule has 36 heavy (non-hydrogen) atoms. The molecule has 11 heteroatoms. The molecule has 0 radical (unpaired) electrons. The van der Waals surface area contributed by atoms with E-state index in [1.54, 1.807) is 19.9 Å². The molecular weight excluding hydrogens is 496 g/mol. The minimum atomic E-state index is -0.799. The molecule has 2 saturated heterocycles. The summed E-state index contributed by atoms with van der Waals surface area (Å²) in [6.45, 7) is 4.57. The van der Waals surface area contributed by atoms with Gasteiger partial charge in [-0.05, 0) is 51.3 Å². The van der Waals surface area contributed by atoms with Crippen molar-refractivity contribution in [3.63, 3.8) is 0 Å². The van der Waals surface area contributed by atoms with Gasteiger partial charge in [0, 0.05) is 12.2 Å². The Bertz CT molecular complexity index is 1210. The Balaban J connectivity index is 1.22. The Morgan fingerprint density at radius 2 is 1.81 bits per heavy atom. The van der Waals surface area contributed by atoms with E-state index in [9.17, 15) is 13.9 Å². The van der Waals surface area contributed by atoms with Gasteiger partial charge >= 0.3 is 0 Å². The second kappa shape index (κ2) is 10.2. The molecular formula is C25H28ClF2N3O5. The van der Waals surface area contributed by atoms with E-state index in [2.05, 4.69) is 15.0 Å². The topological polar surface area (TPSA) is 98.7 Å². The number of nitrogens with one attached hydrogen (secondary N) is 1. The third kappa shape index (κ3) is 5.47. The number of hydrogen-bond acceptors (Lipinski definition) is 7. The number of H-pyrrole nitrogens is 1. The van der Waals surface area contributed by atoms with Gasteiger partial charge in [-0.15, -0.1) is 0 Å². The second-order valence-corrected chi connectivity index (χ2v) is 10.2. The third-order valence-corrected chi connectivity index (χ3v) is 6.75. The van der Waals surface area contributed by atoms with Crippen LogP contribution < -0.4 is 4.74 Å². The van der Waals surface area contributed by atoms with Gasteiger partial charge in [-0.3, -0.25) is 0 Å². The first-order valence-corrected chi connectivity index (χ1v) is 12.3. The molecule has 0 aliphatic carbocycles. The number of aromatic amines is 1. The molecule has 1 aromatic carbocycles. The van der Waals surface area contributed by atoms with E-state index in [4.69, 9.17) is 30.5 Å². The van der Waals surface area contributed by atoms with Crippen LogP contribution in [0.1, 0.15) is 31.5 Å². The summed E-state index contributed by atoms with van der Waals surface area (Å²) < 4.78 is 51.6. The number of hydrogen-bond donors (Lipinski definition) is 2. The predicted octanol–water partition coefficient (Wildman–Crippen LogP) is 3.77. The zero-order chi connectivity index (χ0) is 25.4. The van der Waals surface area contributed by atoms with Crippen molar-refractivity contribution in [1.29, 1.82) is 0 Å². The van der Waals surface area contributed by atoms with Crippen molar-refractivity contribution in [2.24, 2.45) is 0 Å². The maximum Gasteiger partial charge on any atom is 0.296 e. The predicted molar refractivity (Wildman–Crippen MR) is 127 cm³/mol. The fraction of sp³-hybridized carbons (Fsp3) is 0.520. The zero-order valence-corrected chi connectivity index (χ0v) is 20.7. The third-order valence-electron chi connectivity index (χ3n) is 6.42. The number of rotatable bonds is 9. The van der Waals surface area contributed by atoms with E-state index in [0.717, 1.165) is 0 Å². The standard InChI is InChI=1S/C25H28ClF2N3O5/c1-25(2,32)8-9-33-19-11-34-22-20(12-35-21(19)22)36-24-30-18-10-14(26)17(29-23(18)31-24)7-6-13-15(27)4-3-5-16(13)28/h3-5,10,19-22,32H,6-9,11-12H2,1-2H3,(H,29,30,31)/t19-,20-,21-,22-/m1/s1. The number of benzene rings is 1. The van der Waals surface area contributed by atoms with Gasteiger partial charge in [-0.25, -0.2) is 13.8 Å². The fourth-order valence-electron chi connectivity index (χ4n) is 4.45. The molecule has 0 saturated carbocycles. The number of halogens is 3. The van der Waals surface area contributed by atoms with Crippen LogP contribution in [0.25, 0.3) is 11.2 Å². The molecule has 0 amide bonds. The maximum absolute atomic E-state index is 14.0. The molecule has 2 N–H and O–H groups in total. The lowest BCUT2D eigenvalue weighted by molar-refractivity contribution is -0.0525. The monoisotopic (exact) mass is 523 g/mol. The summed E-state index contributed by atoms with van der Waals surface area (Å²) in [6, 6.07) is 5.70. The number of aromatic nitrogens is 3. The number of nitrogens with zero attached hydrogens (tertiary/aromatic N) is 2. The normalized spacial score (nSPS) is 23.9. The Kier molecular flexibility index (Phi) is 7.15. The van der Waals surface area contributed by atoms with E-state index < -0.39 is 23.3 Å². The largest absolute Gasteiger partial charge is 0.456 e. The van der Waals surface area contributed by atoms with Crippen molar-refractivity contribution in [1.82, 2.24) is 15.0 Å². The summed E-state index contributed by atoms with van der Waals surface area (Å²) in [5, 5.41) is 10.2. The van der Waals surface area contributed by atoms with Crippen molar-refractivity contribution in [2.75, 3.05) is 19.8 Å². The lowest BCUT2D eigenvalue weighted by atomic mass is 10.1. The molecule has 2 aliphatic heterocycles. The molecule has 194 valence electrons. The highest BCUT2D eigenvalue weighted by Crippen LogP contribution is 2.32. The van der Waals surface area contributed by atoms with Crippen LogP contribution in [0.5, 0.6) is 6.01 Å². The Hall–Kier alpha value is -2.37. The maximum atomic E-state index is 14.0. The van der Waals surface area contributed by atoms with Crippen LogP contribution in [0.4, 0.5) is 8.78 Å². The molecule has 0 unspecified atom stereocenters. The Morgan fingerprint density at radius 3 is 2.53 bits per heavy atom. The molecule has 5 rings (SSSR count). The van der Waals surface area contributed by atoms with Crippen LogP contribution in [-0.4, -0.2) is 69.9 Å². The molecule has 8 nitrogen and oxygen atoms in total. The van der Waals surface area contributed by atoms with Gasteiger partial charge in [0.25, 0.3) is 6.01 Å². The van der Waals surface area contributed by atoms with Crippen molar-refractivity contribution >= 4 is 22.8 Å². The van der Waals surface area contributed by atoms with E-state index in [-0.39, 0.29) is 42.7 Å². The van der Waals surface area contributed by atoms with Crippen LogP contribution in [0.15, 0.2) is 24.3 Å². The lowest BCUT2D eigenvalue weighted by Crippen LogP contribution is -2.36. The van der Waals surface area contributed by atoms with Crippen LogP contribution in [0, 0.1) is 11.6 Å². The average Bonchev–Trinajstić information content (AvgIpc) is 3.49. The number of ether oxygens (including phenoxy) is 4. The summed E-state index contributed by atoms with van der Waals surface area (Å²) >= 11 is 6.38. The number of fused-ring (bicyclic) bond motifs is 2. The fourth-order valence-corrected chi connectivity index (χ4v) is 4.70. The number of imidazole rings is 1. The molecule has 3 aromatic rings. The summed E-state index contributed by atoms with van der Waals surface area (Å²) in [5.74, 6) is -1.20. The Morgan fingerprint density at radius 1 is 1.11 bits per heavy atom. The molecule has 0 bridgehead atoms. The van der Waals surface area contributed by atoms with E-state index in [1.165, 1.54) is 18.2 Å². The van der Waals surface area contributed by atoms with Crippen molar-refractivity contribution in [3.8, 4) is 6.01 Å². The summed E-state index contributed by atoms with van der Waals surface area (Å²) in [6.07, 6.45) is -0.331. The minimum Gasteiger partial charge on any atom is -0.456 e. The summed E-state index contributed by atoms with van der Waals surface area (Å²) in [4.78, 5) is 11.9. The van der Waals surface area contributed by atoms with Gasteiger partial charge < -0.3 is 29.0 Å². The number of pyridine rings is 1.